The molecule has 1 amide bonds. The molecular formula is C25H25ClN2O3S. The first-order valence-electron chi connectivity index (χ1n) is 11.1. The molecule has 0 spiro atoms. The number of nitrogens with one attached hydrogen (secondary N) is 1. The lowest BCUT2D eigenvalue weighted by Crippen LogP contribution is -2.32. The minimum Gasteiger partial charge on any atom is -0.321 e. The Hall–Kier alpha value is -2.41. The van der Waals surface area contributed by atoms with Crippen molar-refractivity contribution in [3.63, 3.8) is 0 Å². The first kappa shape index (κ1) is 21.4. The number of rotatable bonds is 4. The fourth-order valence-corrected chi connectivity index (χ4v) is 6.56. The van der Waals surface area contributed by atoms with Gasteiger partial charge in [0.1, 0.15) is 0 Å². The molecule has 1 fully saturated rings. The van der Waals surface area contributed by atoms with Gasteiger partial charge in [-0.05, 0) is 66.5 Å². The zero-order valence-electron chi connectivity index (χ0n) is 17.7. The number of hydrogen-bond acceptors (Lipinski definition) is 3. The van der Waals surface area contributed by atoms with Crippen LogP contribution in [0.1, 0.15) is 47.2 Å². The van der Waals surface area contributed by atoms with Crippen molar-refractivity contribution in [1.29, 1.82) is 0 Å². The van der Waals surface area contributed by atoms with Gasteiger partial charge in [-0.25, -0.2) is 8.42 Å². The van der Waals surface area contributed by atoms with E-state index >= 15 is 0 Å². The summed E-state index contributed by atoms with van der Waals surface area (Å²) in [7, 11) is -3.67. The van der Waals surface area contributed by atoms with E-state index in [1.165, 1.54) is 39.0 Å². The van der Waals surface area contributed by atoms with Crippen molar-refractivity contribution < 1.29 is 13.2 Å². The SMILES string of the molecule is O=C(Nc1ccc2c3c(cccc13)CC2)c1cc(S(=O)(=O)N2CCCCCC2)ccc1Cl. The molecular weight excluding hydrogens is 444 g/mol. The Morgan fingerprint density at radius 1 is 0.906 bits per heavy atom. The Labute approximate surface area is 193 Å². The van der Waals surface area contributed by atoms with Gasteiger partial charge in [-0.2, -0.15) is 4.31 Å². The summed E-state index contributed by atoms with van der Waals surface area (Å²) < 4.78 is 27.9. The molecule has 0 saturated carbocycles. The smallest absolute Gasteiger partial charge is 0.257 e. The monoisotopic (exact) mass is 468 g/mol. The molecule has 1 aliphatic carbocycles. The molecule has 1 aliphatic heterocycles. The maximum Gasteiger partial charge on any atom is 0.257 e. The van der Waals surface area contributed by atoms with Gasteiger partial charge in [0.05, 0.1) is 15.5 Å². The fourth-order valence-electron chi connectivity index (χ4n) is 4.82. The van der Waals surface area contributed by atoms with E-state index in [4.69, 9.17) is 11.6 Å². The summed E-state index contributed by atoms with van der Waals surface area (Å²) in [6, 6.07) is 14.5. The van der Waals surface area contributed by atoms with Crippen LogP contribution in [0.2, 0.25) is 5.02 Å². The first-order chi connectivity index (χ1) is 15.4. The molecule has 2 aliphatic rings. The average molecular weight is 469 g/mol. The number of nitrogens with zero attached hydrogens (tertiary/aromatic N) is 1. The summed E-state index contributed by atoms with van der Waals surface area (Å²) in [6.07, 6.45) is 5.79. The van der Waals surface area contributed by atoms with E-state index < -0.39 is 15.9 Å². The van der Waals surface area contributed by atoms with Crippen LogP contribution < -0.4 is 5.32 Å². The second kappa shape index (κ2) is 8.50. The highest BCUT2D eigenvalue weighted by molar-refractivity contribution is 7.89. The minimum absolute atomic E-state index is 0.106. The number of carbonyl (C=O) groups excluding carboxylic acids is 1. The van der Waals surface area contributed by atoms with Crippen LogP contribution in [0.3, 0.4) is 0 Å². The van der Waals surface area contributed by atoms with Crippen LogP contribution in [0.15, 0.2) is 53.4 Å². The predicted octanol–water partition coefficient (Wildman–Crippen LogP) is 5.41. The van der Waals surface area contributed by atoms with Crippen LogP contribution in [0.5, 0.6) is 0 Å². The van der Waals surface area contributed by atoms with Crippen LogP contribution in [0, 0.1) is 0 Å². The number of carbonyl (C=O) groups is 1. The Morgan fingerprint density at radius 3 is 2.38 bits per heavy atom. The second-order valence-corrected chi connectivity index (χ2v) is 10.9. The van der Waals surface area contributed by atoms with Crippen molar-refractivity contribution in [2.24, 2.45) is 0 Å². The fraction of sp³-hybridized carbons (Fsp3) is 0.320. The molecule has 32 heavy (non-hydrogen) atoms. The van der Waals surface area contributed by atoms with Crippen LogP contribution in [-0.2, 0) is 22.9 Å². The molecule has 1 saturated heterocycles. The molecule has 5 nitrogen and oxygen atoms in total. The van der Waals surface area contributed by atoms with Gasteiger partial charge in [0.15, 0.2) is 0 Å². The molecule has 3 aromatic rings. The highest BCUT2D eigenvalue weighted by atomic mass is 35.5. The lowest BCUT2D eigenvalue weighted by molar-refractivity contribution is 0.102. The van der Waals surface area contributed by atoms with Crippen LogP contribution in [-0.4, -0.2) is 31.7 Å². The summed E-state index contributed by atoms with van der Waals surface area (Å²) in [5, 5.41) is 5.38. The third-order valence-electron chi connectivity index (χ3n) is 6.51. The number of halogens is 1. The first-order valence-corrected chi connectivity index (χ1v) is 12.9. The summed E-state index contributed by atoms with van der Waals surface area (Å²) in [5.41, 5.74) is 3.44. The topological polar surface area (TPSA) is 66.5 Å². The largest absolute Gasteiger partial charge is 0.321 e. The lowest BCUT2D eigenvalue weighted by atomic mass is 10.0. The predicted molar refractivity (Wildman–Crippen MR) is 128 cm³/mol. The molecule has 7 heteroatoms. The number of benzene rings is 3. The van der Waals surface area contributed by atoms with Crippen LogP contribution >= 0.6 is 11.6 Å². The number of aryl methyl sites for hydroxylation is 2. The Morgan fingerprint density at radius 2 is 1.62 bits per heavy atom. The number of hydrogen-bond donors (Lipinski definition) is 1. The van der Waals surface area contributed by atoms with Gasteiger partial charge in [-0.15, -0.1) is 0 Å². The number of sulfonamides is 1. The molecule has 0 aromatic heterocycles. The molecule has 166 valence electrons. The summed E-state index contributed by atoms with van der Waals surface area (Å²) in [5.74, 6) is -0.415. The van der Waals surface area contributed by atoms with E-state index in [1.54, 1.807) is 0 Å². The highest BCUT2D eigenvalue weighted by Gasteiger charge is 2.27. The van der Waals surface area contributed by atoms with E-state index in [9.17, 15) is 13.2 Å². The average Bonchev–Trinajstić information content (AvgIpc) is 3.01. The number of anilines is 1. The van der Waals surface area contributed by atoms with Crippen molar-refractivity contribution in [2.75, 3.05) is 18.4 Å². The third kappa shape index (κ3) is 3.81. The summed E-state index contributed by atoms with van der Waals surface area (Å²) in [6.45, 7) is 1.01. The zero-order chi connectivity index (χ0) is 22.3. The molecule has 3 aromatic carbocycles. The molecule has 1 N–H and O–H groups in total. The van der Waals surface area contributed by atoms with E-state index in [-0.39, 0.29) is 15.5 Å². The number of amides is 1. The van der Waals surface area contributed by atoms with E-state index in [0.717, 1.165) is 43.9 Å². The molecule has 0 bridgehead atoms. The van der Waals surface area contributed by atoms with Gasteiger partial charge in [0.25, 0.3) is 5.91 Å². The summed E-state index contributed by atoms with van der Waals surface area (Å²) >= 11 is 6.33. The van der Waals surface area contributed by atoms with Crippen LogP contribution in [0.25, 0.3) is 10.8 Å². The quantitative estimate of drug-likeness (QED) is 0.556. The van der Waals surface area contributed by atoms with Crippen molar-refractivity contribution >= 4 is 44.0 Å². The van der Waals surface area contributed by atoms with Gasteiger partial charge in [0.2, 0.25) is 10.0 Å². The Balaban J connectivity index is 1.47. The van der Waals surface area contributed by atoms with Crippen molar-refractivity contribution in [2.45, 2.75) is 43.4 Å². The maximum atomic E-state index is 13.2. The van der Waals surface area contributed by atoms with Gasteiger partial charge in [-0.1, -0.05) is 48.7 Å². The minimum atomic E-state index is -3.67. The van der Waals surface area contributed by atoms with Gasteiger partial charge in [0, 0.05) is 24.2 Å². The van der Waals surface area contributed by atoms with E-state index in [2.05, 4.69) is 17.4 Å². The zero-order valence-corrected chi connectivity index (χ0v) is 19.3. The standard InChI is InChI=1S/C25H25ClN2O3S/c26-22-12-11-19(32(30,31)28-14-3-1-2-4-15-28)16-21(22)25(29)27-23-13-10-18-9-8-17-6-5-7-20(23)24(17)18/h5-7,10-13,16H,1-4,8-9,14-15H2,(H,27,29). The van der Waals surface area contributed by atoms with Crippen molar-refractivity contribution in [1.82, 2.24) is 4.31 Å². The van der Waals surface area contributed by atoms with Gasteiger partial charge >= 0.3 is 0 Å². The second-order valence-electron chi connectivity index (χ2n) is 8.53. The van der Waals surface area contributed by atoms with E-state index in [0.29, 0.717) is 18.8 Å². The highest BCUT2D eigenvalue weighted by Crippen LogP contribution is 2.35. The maximum absolute atomic E-state index is 13.2. The van der Waals surface area contributed by atoms with Gasteiger partial charge in [-0.3, -0.25) is 4.79 Å². The summed E-state index contributed by atoms with van der Waals surface area (Å²) in [4.78, 5) is 13.3. The molecule has 0 atom stereocenters. The van der Waals surface area contributed by atoms with Crippen molar-refractivity contribution in [3.8, 4) is 0 Å². The van der Waals surface area contributed by atoms with Crippen molar-refractivity contribution in [3.05, 3.63) is 70.2 Å². The molecule has 5 rings (SSSR count). The molecule has 0 radical (unpaired) electrons. The van der Waals surface area contributed by atoms with E-state index in [1.807, 2.05) is 18.2 Å². The Bertz CT molecular complexity index is 1300. The Kier molecular flexibility index (Phi) is 5.70. The van der Waals surface area contributed by atoms with Gasteiger partial charge < -0.3 is 5.32 Å². The molecule has 1 heterocycles. The normalized spacial score (nSPS) is 16.8. The lowest BCUT2D eigenvalue weighted by Gasteiger charge is -2.20. The van der Waals surface area contributed by atoms with Crippen LogP contribution in [0.4, 0.5) is 5.69 Å². The molecule has 0 unspecified atom stereocenters. The third-order valence-corrected chi connectivity index (χ3v) is 8.73.